The summed E-state index contributed by atoms with van der Waals surface area (Å²) in [5.74, 6) is -0.747. The Morgan fingerprint density at radius 2 is 1.56 bits per heavy atom. The summed E-state index contributed by atoms with van der Waals surface area (Å²) in [7, 11) is 0. The second-order valence-electron chi connectivity index (χ2n) is 8.11. The number of hydrazine groups is 1. The molecular weight excluding hydrogens is 430 g/mol. The number of benzene rings is 2. The number of carbonyl (C=O) groups is 3. The van der Waals surface area contributed by atoms with Gasteiger partial charge in [0.25, 0.3) is 5.91 Å². The number of nitrogens with one attached hydrogen (secondary N) is 3. The Labute approximate surface area is 193 Å². The maximum atomic E-state index is 12.0. The molecule has 0 unspecified atom stereocenters. The highest BCUT2D eigenvalue weighted by molar-refractivity contribution is 6.31. The molecule has 0 saturated carbocycles. The van der Waals surface area contributed by atoms with Crippen molar-refractivity contribution in [3.8, 4) is 5.75 Å². The van der Waals surface area contributed by atoms with Gasteiger partial charge in [-0.1, -0.05) is 50.6 Å². The van der Waals surface area contributed by atoms with Gasteiger partial charge >= 0.3 is 0 Å². The normalized spacial score (nSPS) is 10.9. The maximum Gasteiger partial charge on any atom is 0.276 e. The van der Waals surface area contributed by atoms with E-state index in [4.69, 9.17) is 16.3 Å². The minimum Gasteiger partial charge on any atom is -0.484 e. The fraction of sp³-hybridized carbons (Fsp3) is 0.375. The molecule has 2 aromatic rings. The first kappa shape index (κ1) is 25.2. The average molecular weight is 460 g/mol. The molecule has 3 N–H and O–H groups in total. The Kier molecular flexibility index (Phi) is 9.08. The molecule has 0 heterocycles. The predicted octanol–water partition coefficient (Wildman–Crippen LogP) is 4.28. The van der Waals surface area contributed by atoms with Crippen molar-refractivity contribution in [2.24, 2.45) is 0 Å². The Morgan fingerprint density at radius 1 is 0.938 bits per heavy atom. The Bertz CT molecular complexity index is 958. The fourth-order valence-corrected chi connectivity index (χ4v) is 2.95. The van der Waals surface area contributed by atoms with Crippen LogP contribution in [0, 0.1) is 6.92 Å². The molecule has 0 atom stereocenters. The van der Waals surface area contributed by atoms with Crippen LogP contribution in [0.5, 0.6) is 5.75 Å². The van der Waals surface area contributed by atoms with Gasteiger partial charge in [0.2, 0.25) is 11.8 Å². The lowest BCUT2D eigenvalue weighted by Crippen LogP contribution is -2.44. The number of hydrogen-bond acceptors (Lipinski definition) is 4. The lowest BCUT2D eigenvalue weighted by Gasteiger charge is -2.23. The van der Waals surface area contributed by atoms with Crippen LogP contribution in [0.25, 0.3) is 0 Å². The molecule has 0 aliphatic heterocycles. The third-order valence-corrected chi connectivity index (χ3v) is 5.76. The smallest absolute Gasteiger partial charge is 0.276 e. The second kappa shape index (κ2) is 11.5. The van der Waals surface area contributed by atoms with Crippen LogP contribution in [-0.4, -0.2) is 24.3 Å². The van der Waals surface area contributed by atoms with Crippen LogP contribution in [0.1, 0.15) is 51.2 Å². The number of rotatable bonds is 9. The molecule has 0 spiro atoms. The molecule has 3 amide bonds. The van der Waals surface area contributed by atoms with E-state index < -0.39 is 11.8 Å². The van der Waals surface area contributed by atoms with E-state index in [0.717, 1.165) is 12.0 Å². The molecule has 0 aromatic heterocycles. The highest BCUT2D eigenvalue weighted by Crippen LogP contribution is 2.28. The number of ether oxygens (including phenoxy) is 1. The van der Waals surface area contributed by atoms with Crippen LogP contribution >= 0.6 is 11.6 Å². The largest absolute Gasteiger partial charge is 0.484 e. The van der Waals surface area contributed by atoms with Crippen molar-refractivity contribution < 1.29 is 19.1 Å². The van der Waals surface area contributed by atoms with Crippen molar-refractivity contribution >= 4 is 35.0 Å². The maximum absolute atomic E-state index is 12.0. The molecular formula is C24H30ClN3O4. The van der Waals surface area contributed by atoms with Crippen LogP contribution < -0.4 is 20.9 Å². The quantitative estimate of drug-likeness (QED) is 0.487. The van der Waals surface area contributed by atoms with Crippen molar-refractivity contribution in [3.63, 3.8) is 0 Å². The molecule has 0 radical (unpaired) electrons. The molecule has 32 heavy (non-hydrogen) atoms. The van der Waals surface area contributed by atoms with Crippen molar-refractivity contribution in [2.75, 3.05) is 11.9 Å². The number of amides is 3. The first-order chi connectivity index (χ1) is 15.1. The first-order valence-electron chi connectivity index (χ1n) is 10.5. The number of anilines is 1. The predicted molar refractivity (Wildman–Crippen MR) is 126 cm³/mol. The van der Waals surface area contributed by atoms with Crippen molar-refractivity contribution in [1.82, 2.24) is 10.9 Å². The third-order valence-electron chi connectivity index (χ3n) is 5.35. The standard InChI is InChI=1S/C24H30ClN3O4/c1-5-24(3,4)17-9-11-18(12-10-17)32-15-23(31)28-27-22(30)14-13-21(29)26-20-8-6-7-19(25)16(20)2/h6-12H,5,13-15H2,1-4H3,(H,26,29)(H,27,30)(H,28,31). The molecule has 0 fully saturated rings. The number of hydrogen-bond donors (Lipinski definition) is 3. The zero-order chi connectivity index (χ0) is 23.7. The van der Waals surface area contributed by atoms with Crippen LogP contribution in [0.4, 0.5) is 5.69 Å². The zero-order valence-corrected chi connectivity index (χ0v) is 19.6. The summed E-state index contributed by atoms with van der Waals surface area (Å²) in [6, 6.07) is 12.8. The Hall–Kier alpha value is -3.06. The van der Waals surface area contributed by atoms with Crippen LogP contribution in [-0.2, 0) is 19.8 Å². The summed E-state index contributed by atoms with van der Waals surface area (Å²) in [6.45, 7) is 8.02. The van der Waals surface area contributed by atoms with Crippen molar-refractivity contribution in [1.29, 1.82) is 0 Å². The number of halogens is 1. The van der Waals surface area contributed by atoms with E-state index in [1.165, 1.54) is 5.56 Å². The van der Waals surface area contributed by atoms with Gasteiger partial charge in [-0.25, -0.2) is 0 Å². The van der Waals surface area contributed by atoms with Gasteiger partial charge in [-0.3, -0.25) is 25.2 Å². The van der Waals surface area contributed by atoms with Gasteiger partial charge in [0.15, 0.2) is 6.61 Å². The van der Waals surface area contributed by atoms with E-state index in [2.05, 4.69) is 36.9 Å². The summed E-state index contributed by atoms with van der Waals surface area (Å²) in [6.07, 6.45) is 0.892. The molecule has 0 bridgehead atoms. The van der Waals surface area contributed by atoms with E-state index in [1.807, 2.05) is 24.3 Å². The molecule has 0 aliphatic carbocycles. The molecule has 7 nitrogen and oxygen atoms in total. The van der Waals surface area contributed by atoms with Gasteiger partial charge in [0.05, 0.1) is 0 Å². The van der Waals surface area contributed by atoms with Gasteiger partial charge < -0.3 is 10.1 Å². The summed E-state index contributed by atoms with van der Waals surface area (Å²) in [5.41, 5.74) is 7.17. The van der Waals surface area contributed by atoms with Crippen molar-refractivity contribution in [2.45, 2.75) is 52.4 Å². The van der Waals surface area contributed by atoms with E-state index in [-0.39, 0.29) is 30.8 Å². The highest BCUT2D eigenvalue weighted by Gasteiger charge is 2.17. The Balaban J connectivity index is 1.69. The lowest BCUT2D eigenvalue weighted by molar-refractivity contribution is -0.130. The number of carbonyl (C=O) groups excluding carboxylic acids is 3. The van der Waals surface area contributed by atoms with Crippen LogP contribution in [0.3, 0.4) is 0 Å². The van der Waals surface area contributed by atoms with E-state index >= 15 is 0 Å². The molecule has 172 valence electrons. The van der Waals surface area contributed by atoms with Gasteiger partial charge in [-0.2, -0.15) is 0 Å². The minimum absolute atomic E-state index is 0.0371. The zero-order valence-electron chi connectivity index (χ0n) is 18.9. The summed E-state index contributed by atoms with van der Waals surface area (Å²) in [5, 5.41) is 3.26. The molecule has 2 aromatic carbocycles. The summed E-state index contributed by atoms with van der Waals surface area (Å²) < 4.78 is 5.45. The monoisotopic (exact) mass is 459 g/mol. The first-order valence-corrected chi connectivity index (χ1v) is 10.9. The highest BCUT2D eigenvalue weighted by atomic mass is 35.5. The second-order valence-corrected chi connectivity index (χ2v) is 8.51. The van der Waals surface area contributed by atoms with Gasteiger partial charge in [0, 0.05) is 23.6 Å². The Morgan fingerprint density at radius 3 is 2.22 bits per heavy atom. The minimum atomic E-state index is -0.504. The molecule has 2 rings (SSSR count). The van der Waals surface area contributed by atoms with Crippen molar-refractivity contribution in [3.05, 3.63) is 58.6 Å². The van der Waals surface area contributed by atoms with Gasteiger partial charge in [0.1, 0.15) is 5.75 Å². The molecule has 8 heteroatoms. The van der Waals surface area contributed by atoms with E-state index in [1.54, 1.807) is 25.1 Å². The molecule has 0 saturated heterocycles. The van der Waals surface area contributed by atoms with E-state index in [0.29, 0.717) is 16.5 Å². The molecule has 0 aliphatic rings. The van der Waals surface area contributed by atoms with E-state index in [9.17, 15) is 14.4 Å². The summed E-state index contributed by atoms with van der Waals surface area (Å²) >= 11 is 6.03. The fourth-order valence-electron chi connectivity index (χ4n) is 2.78. The van der Waals surface area contributed by atoms with Crippen LogP contribution in [0.15, 0.2) is 42.5 Å². The van der Waals surface area contributed by atoms with Gasteiger partial charge in [-0.05, 0) is 54.2 Å². The SMILES string of the molecule is CCC(C)(C)c1ccc(OCC(=O)NNC(=O)CCC(=O)Nc2cccc(Cl)c2C)cc1. The average Bonchev–Trinajstić information content (AvgIpc) is 2.78. The third kappa shape index (κ3) is 7.57. The topological polar surface area (TPSA) is 96.5 Å². The van der Waals surface area contributed by atoms with Crippen LogP contribution in [0.2, 0.25) is 5.02 Å². The lowest BCUT2D eigenvalue weighted by atomic mass is 9.82. The van der Waals surface area contributed by atoms with Gasteiger partial charge in [-0.15, -0.1) is 0 Å². The summed E-state index contributed by atoms with van der Waals surface area (Å²) in [4.78, 5) is 35.8.